The van der Waals surface area contributed by atoms with E-state index >= 15 is 0 Å². The molecule has 23 heavy (non-hydrogen) atoms. The number of aromatic nitrogens is 1. The second-order valence-corrected chi connectivity index (χ2v) is 6.90. The summed E-state index contributed by atoms with van der Waals surface area (Å²) in [6, 6.07) is 10.2. The van der Waals surface area contributed by atoms with E-state index in [0.717, 1.165) is 21.1 Å². The fraction of sp³-hybridized carbons (Fsp3) is 0.176. The van der Waals surface area contributed by atoms with Crippen LogP contribution in [0, 0.1) is 5.82 Å². The van der Waals surface area contributed by atoms with Crippen LogP contribution in [-0.4, -0.2) is 17.4 Å². The topological polar surface area (TPSA) is 42.0 Å². The molecule has 3 aromatic rings. The largest absolute Gasteiger partial charge is 0.355 e. The van der Waals surface area contributed by atoms with E-state index in [1.54, 1.807) is 23.5 Å². The summed E-state index contributed by atoms with van der Waals surface area (Å²) in [5.74, 6) is -0.222. The number of amides is 1. The SMILES string of the molecule is O=C(Cc1cccs1)NCCc1csc(-c2ccc(F)cc2)n1. The van der Waals surface area contributed by atoms with Crippen molar-refractivity contribution < 1.29 is 9.18 Å². The Bertz CT molecular complexity index is 766. The van der Waals surface area contributed by atoms with Gasteiger partial charge in [0.25, 0.3) is 0 Å². The van der Waals surface area contributed by atoms with Crippen molar-refractivity contribution in [2.24, 2.45) is 0 Å². The van der Waals surface area contributed by atoms with Crippen LogP contribution in [0.3, 0.4) is 0 Å². The van der Waals surface area contributed by atoms with Crippen molar-refractivity contribution >= 4 is 28.6 Å². The minimum Gasteiger partial charge on any atom is -0.355 e. The number of halogens is 1. The lowest BCUT2D eigenvalue weighted by Crippen LogP contribution is -2.27. The van der Waals surface area contributed by atoms with E-state index in [-0.39, 0.29) is 11.7 Å². The van der Waals surface area contributed by atoms with Gasteiger partial charge in [-0.3, -0.25) is 4.79 Å². The van der Waals surface area contributed by atoms with Gasteiger partial charge in [-0.15, -0.1) is 22.7 Å². The maximum Gasteiger partial charge on any atom is 0.225 e. The third kappa shape index (κ3) is 4.46. The van der Waals surface area contributed by atoms with Crippen LogP contribution in [0.25, 0.3) is 10.6 Å². The molecule has 0 spiro atoms. The van der Waals surface area contributed by atoms with Gasteiger partial charge in [0.05, 0.1) is 12.1 Å². The van der Waals surface area contributed by atoms with Gasteiger partial charge in [-0.25, -0.2) is 9.37 Å². The van der Waals surface area contributed by atoms with Gasteiger partial charge in [0.2, 0.25) is 5.91 Å². The van der Waals surface area contributed by atoms with Crippen LogP contribution in [0.1, 0.15) is 10.6 Å². The number of carbonyl (C=O) groups is 1. The highest BCUT2D eigenvalue weighted by Gasteiger charge is 2.07. The Kier molecular flexibility index (Phi) is 5.15. The molecule has 1 N–H and O–H groups in total. The lowest BCUT2D eigenvalue weighted by Gasteiger charge is -2.02. The van der Waals surface area contributed by atoms with Crippen LogP contribution in [0.4, 0.5) is 4.39 Å². The zero-order chi connectivity index (χ0) is 16.1. The monoisotopic (exact) mass is 346 g/mol. The number of nitrogens with one attached hydrogen (secondary N) is 1. The van der Waals surface area contributed by atoms with Gasteiger partial charge in [0.1, 0.15) is 10.8 Å². The van der Waals surface area contributed by atoms with E-state index in [9.17, 15) is 9.18 Å². The highest BCUT2D eigenvalue weighted by Crippen LogP contribution is 2.23. The standard InChI is InChI=1S/C17H15FN2OS2/c18-13-5-3-12(4-6-13)17-20-14(11-23-17)7-8-19-16(21)10-15-2-1-9-22-15/h1-6,9,11H,7-8,10H2,(H,19,21). The van der Waals surface area contributed by atoms with E-state index in [4.69, 9.17) is 0 Å². The third-order valence-corrected chi connectivity index (χ3v) is 5.08. The molecule has 0 radical (unpaired) electrons. The maximum atomic E-state index is 12.9. The molecule has 3 rings (SSSR count). The molecule has 2 aromatic heterocycles. The first kappa shape index (κ1) is 15.8. The molecule has 118 valence electrons. The zero-order valence-electron chi connectivity index (χ0n) is 12.3. The van der Waals surface area contributed by atoms with Gasteiger partial charge in [0.15, 0.2) is 0 Å². The molecular formula is C17H15FN2OS2. The van der Waals surface area contributed by atoms with Gasteiger partial charge in [-0.2, -0.15) is 0 Å². The predicted octanol–water partition coefficient (Wildman–Crippen LogP) is 3.91. The van der Waals surface area contributed by atoms with Crippen molar-refractivity contribution in [1.82, 2.24) is 10.3 Å². The fourth-order valence-corrected chi connectivity index (χ4v) is 3.67. The third-order valence-electron chi connectivity index (χ3n) is 3.26. The number of thiophene rings is 1. The molecule has 1 aromatic carbocycles. The maximum absolute atomic E-state index is 12.9. The van der Waals surface area contributed by atoms with Crippen molar-refractivity contribution in [3.63, 3.8) is 0 Å². The molecule has 0 aliphatic carbocycles. The quantitative estimate of drug-likeness (QED) is 0.735. The van der Waals surface area contributed by atoms with E-state index in [2.05, 4.69) is 10.3 Å². The molecule has 3 nitrogen and oxygen atoms in total. The highest BCUT2D eigenvalue weighted by atomic mass is 32.1. The molecule has 0 bridgehead atoms. The average molecular weight is 346 g/mol. The zero-order valence-corrected chi connectivity index (χ0v) is 13.9. The summed E-state index contributed by atoms with van der Waals surface area (Å²) in [6.45, 7) is 0.566. The van der Waals surface area contributed by atoms with Gasteiger partial charge in [0, 0.05) is 28.8 Å². The van der Waals surface area contributed by atoms with Crippen molar-refractivity contribution in [2.75, 3.05) is 6.54 Å². The lowest BCUT2D eigenvalue weighted by molar-refractivity contribution is -0.120. The van der Waals surface area contributed by atoms with Gasteiger partial charge in [-0.05, 0) is 35.7 Å². The summed E-state index contributed by atoms with van der Waals surface area (Å²) in [5.41, 5.74) is 1.84. The second kappa shape index (κ2) is 7.48. The van der Waals surface area contributed by atoms with Gasteiger partial charge >= 0.3 is 0 Å². The minimum absolute atomic E-state index is 0.0291. The van der Waals surface area contributed by atoms with Crippen LogP contribution < -0.4 is 5.32 Å². The molecule has 0 saturated carbocycles. The molecular weight excluding hydrogens is 331 g/mol. The number of benzene rings is 1. The number of hydrogen-bond donors (Lipinski definition) is 1. The van der Waals surface area contributed by atoms with E-state index in [0.29, 0.717) is 19.4 Å². The first-order valence-electron chi connectivity index (χ1n) is 7.20. The molecule has 6 heteroatoms. The number of rotatable bonds is 6. The Hall–Kier alpha value is -2.05. The summed E-state index contributed by atoms with van der Waals surface area (Å²) in [6.07, 6.45) is 1.11. The van der Waals surface area contributed by atoms with Gasteiger partial charge in [-0.1, -0.05) is 6.07 Å². The molecule has 2 heterocycles. The summed E-state index contributed by atoms with van der Waals surface area (Å²) < 4.78 is 12.9. The molecule has 1 amide bonds. The second-order valence-electron chi connectivity index (χ2n) is 5.01. The van der Waals surface area contributed by atoms with Crippen LogP contribution in [0.2, 0.25) is 0 Å². The van der Waals surface area contributed by atoms with Crippen LogP contribution >= 0.6 is 22.7 Å². The Morgan fingerprint density at radius 1 is 1.17 bits per heavy atom. The van der Waals surface area contributed by atoms with Crippen LogP contribution in [0.5, 0.6) is 0 Å². The number of thiazole rings is 1. The van der Waals surface area contributed by atoms with Crippen LogP contribution in [0.15, 0.2) is 47.2 Å². The summed E-state index contributed by atoms with van der Waals surface area (Å²) >= 11 is 3.11. The Morgan fingerprint density at radius 2 is 2.00 bits per heavy atom. The summed E-state index contributed by atoms with van der Waals surface area (Å²) in [5, 5.41) is 7.72. The van der Waals surface area contributed by atoms with Crippen LogP contribution in [-0.2, 0) is 17.6 Å². The number of nitrogens with zero attached hydrogens (tertiary/aromatic N) is 1. The van der Waals surface area contributed by atoms with E-state index in [1.807, 2.05) is 22.9 Å². The first-order chi connectivity index (χ1) is 11.2. The highest BCUT2D eigenvalue weighted by molar-refractivity contribution is 7.13. The smallest absolute Gasteiger partial charge is 0.225 e. The fourth-order valence-electron chi connectivity index (χ4n) is 2.11. The number of carbonyl (C=O) groups excluding carboxylic acids is 1. The molecule has 0 fully saturated rings. The Labute approximate surface area is 141 Å². The van der Waals surface area contributed by atoms with E-state index < -0.39 is 0 Å². The Morgan fingerprint density at radius 3 is 2.74 bits per heavy atom. The Balaban J connectivity index is 1.49. The van der Waals surface area contributed by atoms with Crippen molar-refractivity contribution in [1.29, 1.82) is 0 Å². The molecule has 0 aliphatic heterocycles. The van der Waals surface area contributed by atoms with Gasteiger partial charge < -0.3 is 5.32 Å². The normalized spacial score (nSPS) is 10.7. The predicted molar refractivity (Wildman–Crippen MR) is 92.2 cm³/mol. The molecule has 0 atom stereocenters. The van der Waals surface area contributed by atoms with Crippen molar-refractivity contribution in [3.05, 3.63) is 63.5 Å². The molecule has 0 aliphatic rings. The minimum atomic E-state index is -0.251. The average Bonchev–Trinajstić information content (AvgIpc) is 3.20. The molecule has 0 saturated heterocycles. The summed E-state index contributed by atoms with van der Waals surface area (Å²) in [4.78, 5) is 17.4. The lowest BCUT2D eigenvalue weighted by atomic mass is 10.2. The van der Waals surface area contributed by atoms with Crippen molar-refractivity contribution in [2.45, 2.75) is 12.8 Å². The van der Waals surface area contributed by atoms with E-state index in [1.165, 1.54) is 23.5 Å². The number of hydrogen-bond acceptors (Lipinski definition) is 4. The van der Waals surface area contributed by atoms with Crippen molar-refractivity contribution in [3.8, 4) is 10.6 Å². The first-order valence-corrected chi connectivity index (χ1v) is 8.96. The molecule has 0 unspecified atom stereocenters. The summed E-state index contributed by atoms with van der Waals surface area (Å²) in [7, 11) is 0.